The van der Waals surface area contributed by atoms with Gasteiger partial charge >= 0.3 is 0 Å². The lowest BCUT2D eigenvalue weighted by molar-refractivity contribution is -0.688. The molecule has 28 heavy (non-hydrogen) atoms. The second-order valence-corrected chi connectivity index (χ2v) is 7.60. The summed E-state index contributed by atoms with van der Waals surface area (Å²) >= 11 is 0. The minimum absolute atomic E-state index is 0. The summed E-state index contributed by atoms with van der Waals surface area (Å²) in [5.74, 6) is 0. The normalized spacial score (nSPS) is 13.1. The topological polar surface area (TPSA) is 8.81 Å². The van der Waals surface area contributed by atoms with Crippen molar-refractivity contribution in [1.29, 1.82) is 0 Å². The molecule has 5 rings (SSSR count). The van der Waals surface area contributed by atoms with Crippen LogP contribution in [0.3, 0.4) is 0 Å². The number of benzene rings is 2. The number of halogens is 1. The van der Waals surface area contributed by atoms with Crippen molar-refractivity contribution in [1.82, 2.24) is 4.57 Å². The molecule has 0 spiro atoms. The first-order chi connectivity index (χ1) is 13.4. The predicted octanol–water partition coefficient (Wildman–Crippen LogP) is 1.91. The van der Waals surface area contributed by atoms with Gasteiger partial charge < -0.3 is 21.5 Å². The Morgan fingerprint density at radius 3 is 2.29 bits per heavy atom. The van der Waals surface area contributed by atoms with Gasteiger partial charge in [0.1, 0.15) is 0 Å². The van der Waals surface area contributed by atoms with Gasteiger partial charge in [0.2, 0.25) is 0 Å². The summed E-state index contributed by atoms with van der Waals surface area (Å²) in [6, 6.07) is 24.1. The minimum atomic E-state index is 0. The molecule has 4 aromatic rings. The highest BCUT2D eigenvalue weighted by molar-refractivity contribution is 5.86. The van der Waals surface area contributed by atoms with E-state index in [1.54, 1.807) is 11.3 Å². The molecule has 0 amide bonds. The molecule has 2 heterocycles. The Kier molecular flexibility index (Phi) is 5.63. The fourth-order valence-corrected chi connectivity index (χ4v) is 4.44. The summed E-state index contributed by atoms with van der Waals surface area (Å²) in [4.78, 5) is 0. The molecule has 1 aliphatic carbocycles. The molecule has 0 N–H and O–H groups in total. The van der Waals surface area contributed by atoms with Gasteiger partial charge in [0.15, 0.2) is 18.9 Å². The second-order valence-electron chi connectivity index (χ2n) is 7.60. The zero-order valence-corrected chi connectivity index (χ0v) is 17.6. The SMILES string of the molecule is [Br-].c1ccc(C[n+]2ccc(Cn3c4c(c5ccccc53)CCCC4)cc2)cc1. The lowest BCUT2D eigenvalue weighted by atomic mass is 9.95. The number of fused-ring (bicyclic) bond motifs is 3. The molecule has 1 aliphatic rings. The second kappa shape index (κ2) is 8.32. The molecule has 2 nitrogen and oxygen atoms in total. The van der Waals surface area contributed by atoms with Crippen LogP contribution in [0.25, 0.3) is 10.9 Å². The van der Waals surface area contributed by atoms with E-state index in [1.165, 1.54) is 47.7 Å². The van der Waals surface area contributed by atoms with Crippen molar-refractivity contribution in [2.45, 2.75) is 38.8 Å². The zero-order valence-electron chi connectivity index (χ0n) is 16.0. The molecule has 0 bridgehead atoms. The van der Waals surface area contributed by atoms with E-state index in [1.807, 2.05) is 0 Å². The maximum absolute atomic E-state index is 2.56. The van der Waals surface area contributed by atoms with Crippen molar-refractivity contribution in [3.05, 3.63) is 102 Å². The van der Waals surface area contributed by atoms with Crippen LogP contribution in [0.5, 0.6) is 0 Å². The van der Waals surface area contributed by atoms with Gasteiger partial charge in [-0.05, 0) is 42.9 Å². The van der Waals surface area contributed by atoms with Gasteiger partial charge in [0, 0.05) is 40.8 Å². The smallest absolute Gasteiger partial charge is 0.173 e. The third-order valence-electron chi connectivity index (χ3n) is 5.79. The van der Waals surface area contributed by atoms with Gasteiger partial charge in [-0.25, -0.2) is 4.57 Å². The monoisotopic (exact) mass is 432 g/mol. The number of rotatable bonds is 4. The Hall–Kier alpha value is -2.39. The van der Waals surface area contributed by atoms with E-state index >= 15 is 0 Å². The molecule has 0 radical (unpaired) electrons. The maximum Gasteiger partial charge on any atom is 0.173 e. The van der Waals surface area contributed by atoms with Gasteiger partial charge in [-0.1, -0.05) is 48.5 Å². The average molecular weight is 433 g/mol. The first-order valence-electron chi connectivity index (χ1n) is 9.99. The van der Waals surface area contributed by atoms with Gasteiger partial charge in [0.25, 0.3) is 0 Å². The van der Waals surface area contributed by atoms with Crippen LogP contribution in [0, 0.1) is 0 Å². The number of pyridine rings is 1. The lowest BCUT2D eigenvalue weighted by Gasteiger charge is -2.16. The van der Waals surface area contributed by atoms with Crippen LogP contribution in [0.2, 0.25) is 0 Å². The van der Waals surface area contributed by atoms with E-state index in [9.17, 15) is 0 Å². The van der Waals surface area contributed by atoms with Crippen LogP contribution >= 0.6 is 0 Å². The third-order valence-corrected chi connectivity index (χ3v) is 5.79. The number of aromatic nitrogens is 2. The van der Waals surface area contributed by atoms with E-state index in [-0.39, 0.29) is 17.0 Å². The van der Waals surface area contributed by atoms with Crippen LogP contribution < -0.4 is 21.5 Å². The zero-order chi connectivity index (χ0) is 18.1. The number of para-hydroxylation sites is 1. The molecule has 0 saturated heterocycles. The molecular weight excluding hydrogens is 408 g/mol. The van der Waals surface area contributed by atoms with Crippen molar-refractivity contribution >= 4 is 10.9 Å². The number of aryl methyl sites for hydroxylation is 1. The van der Waals surface area contributed by atoms with Gasteiger partial charge in [-0.15, -0.1) is 0 Å². The molecule has 0 unspecified atom stereocenters. The van der Waals surface area contributed by atoms with Crippen LogP contribution in [-0.4, -0.2) is 4.57 Å². The molecule has 142 valence electrons. The fourth-order valence-electron chi connectivity index (χ4n) is 4.44. The molecule has 0 saturated carbocycles. The van der Waals surface area contributed by atoms with Crippen molar-refractivity contribution in [3.8, 4) is 0 Å². The summed E-state index contributed by atoms with van der Waals surface area (Å²) < 4.78 is 4.81. The molecule has 0 atom stereocenters. The van der Waals surface area contributed by atoms with Gasteiger partial charge in [-0.3, -0.25) is 0 Å². The minimum Gasteiger partial charge on any atom is -1.00 e. The molecular formula is C25H25BrN2. The summed E-state index contributed by atoms with van der Waals surface area (Å²) in [6.45, 7) is 1.88. The Bertz CT molecular complexity index is 1070. The van der Waals surface area contributed by atoms with E-state index in [4.69, 9.17) is 0 Å². The molecule has 3 heteroatoms. The number of hydrogen-bond donors (Lipinski definition) is 0. The largest absolute Gasteiger partial charge is 1.00 e. The maximum atomic E-state index is 2.56. The fraction of sp³-hybridized carbons (Fsp3) is 0.240. The molecule has 0 aliphatic heterocycles. The summed E-state index contributed by atoms with van der Waals surface area (Å²) in [6.07, 6.45) is 9.50. The van der Waals surface area contributed by atoms with Crippen molar-refractivity contribution in [3.63, 3.8) is 0 Å². The molecule has 0 fully saturated rings. The highest BCUT2D eigenvalue weighted by Gasteiger charge is 2.19. The highest BCUT2D eigenvalue weighted by atomic mass is 79.9. The Labute approximate surface area is 177 Å². The van der Waals surface area contributed by atoms with Crippen LogP contribution in [-0.2, 0) is 25.9 Å². The Morgan fingerprint density at radius 2 is 1.46 bits per heavy atom. The van der Waals surface area contributed by atoms with E-state index in [2.05, 4.69) is 88.3 Å². The first kappa shape index (κ1) is 18.9. The Morgan fingerprint density at radius 1 is 0.750 bits per heavy atom. The number of nitrogens with zero attached hydrogens (tertiary/aromatic N) is 2. The van der Waals surface area contributed by atoms with Crippen LogP contribution in [0.4, 0.5) is 0 Å². The Balaban J connectivity index is 0.00000192. The summed E-state index contributed by atoms with van der Waals surface area (Å²) in [5, 5.41) is 1.46. The van der Waals surface area contributed by atoms with E-state index < -0.39 is 0 Å². The van der Waals surface area contributed by atoms with Crippen LogP contribution in [0.15, 0.2) is 79.1 Å². The van der Waals surface area contributed by atoms with Crippen molar-refractivity contribution in [2.24, 2.45) is 0 Å². The summed E-state index contributed by atoms with van der Waals surface area (Å²) in [5.41, 5.74) is 7.25. The predicted molar refractivity (Wildman–Crippen MR) is 110 cm³/mol. The van der Waals surface area contributed by atoms with E-state index in [0.29, 0.717) is 0 Å². The third kappa shape index (κ3) is 3.64. The quantitative estimate of drug-likeness (QED) is 0.435. The van der Waals surface area contributed by atoms with Crippen LogP contribution in [0.1, 0.15) is 35.2 Å². The van der Waals surface area contributed by atoms with Gasteiger partial charge in [-0.2, -0.15) is 0 Å². The standard InChI is InChI=1S/C25H25N2.BrH/c1-2-8-20(9-3-1)18-26-16-14-21(15-17-26)19-27-24-12-6-4-10-22(24)23-11-5-7-13-25(23)27;/h1-4,6,8-10,12,14-17H,5,7,11,13,18-19H2;1H/q+1;/p-1. The van der Waals surface area contributed by atoms with Gasteiger partial charge in [0.05, 0.1) is 0 Å². The van der Waals surface area contributed by atoms with Crippen molar-refractivity contribution < 1.29 is 21.5 Å². The van der Waals surface area contributed by atoms with Crippen molar-refractivity contribution in [2.75, 3.05) is 0 Å². The summed E-state index contributed by atoms with van der Waals surface area (Å²) in [7, 11) is 0. The van der Waals surface area contributed by atoms with E-state index in [0.717, 1.165) is 13.1 Å². The lowest BCUT2D eigenvalue weighted by Crippen LogP contribution is -3.00. The molecule has 2 aromatic heterocycles. The molecule has 2 aromatic carbocycles. The number of hydrogen-bond acceptors (Lipinski definition) is 0. The highest BCUT2D eigenvalue weighted by Crippen LogP contribution is 2.32. The average Bonchev–Trinajstić information content (AvgIpc) is 3.04. The first-order valence-corrected chi connectivity index (χ1v) is 9.99.